The van der Waals surface area contributed by atoms with E-state index in [0.717, 1.165) is 45.4 Å². The number of nitrogens with two attached hydrogens (primary N) is 1. The Hall–Kier alpha value is -0.610. The van der Waals surface area contributed by atoms with Crippen LogP contribution in [-0.2, 0) is 4.79 Å². The van der Waals surface area contributed by atoms with Crippen LogP contribution >= 0.6 is 0 Å². The van der Waals surface area contributed by atoms with Crippen LogP contribution < -0.4 is 11.1 Å². The number of piperazine rings is 1. The average molecular weight is 225 g/mol. The molecule has 2 unspecified atom stereocenters. The van der Waals surface area contributed by atoms with Crippen molar-refractivity contribution in [1.29, 1.82) is 0 Å². The number of hydrogen-bond acceptors (Lipinski definition) is 3. The average Bonchev–Trinajstić information content (AvgIpc) is 2.54. The van der Waals surface area contributed by atoms with Crippen LogP contribution in [0.4, 0.5) is 0 Å². The van der Waals surface area contributed by atoms with Gasteiger partial charge in [0.2, 0.25) is 5.91 Å². The molecular weight excluding hydrogens is 202 g/mol. The summed E-state index contributed by atoms with van der Waals surface area (Å²) in [5.41, 5.74) is 6.12. The fourth-order valence-electron chi connectivity index (χ4n) is 2.76. The van der Waals surface area contributed by atoms with Gasteiger partial charge in [0, 0.05) is 32.2 Å². The zero-order valence-electron chi connectivity index (χ0n) is 9.95. The molecule has 2 rings (SSSR count). The molecule has 0 spiro atoms. The smallest absolute Gasteiger partial charge is 0.227 e. The second-order valence-electron chi connectivity index (χ2n) is 4.98. The van der Waals surface area contributed by atoms with Crippen molar-refractivity contribution in [3.05, 3.63) is 0 Å². The Morgan fingerprint density at radius 2 is 1.81 bits per heavy atom. The summed E-state index contributed by atoms with van der Waals surface area (Å²) >= 11 is 0. The van der Waals surface area contributed by atoms with Crippen molar-refractivity contribution in [2.24, 2.45) is 11.7 Å². The van der Waals surface area contributed by atoms with E-state index in [4.69, 9.17) is 5.73 Å². The lowest BCUT2D eigenvalue weighted by molar-refractivity contribution is -0.137. The highest BCUT2D eigenvalue weighted by atomic mass is 16.2. The van der Waals surface area contributed by atoms with Gasteiger partial charge in [-0.05, 0) is 12.8 Å². The quantitative estimate of drug-likeness (QED) is 0.632. The predicted molar refractivity (Wildman–Crippen MR) is 64.0 cm³/mol. The summed E-state index contributed by atoms with van der Waals surface area (Å²) in [6, 6.07) is 0.0879. The van der Waals surface area contributed by atoms with E-state index in [1.165, 1.54) is 12.8 Å². The molecule has 2 fully saturated rings. The Balaban J connectivity index is 1.95. The number of nitrogens with one attached hydrogen (secondary N) is 1. The maximum atomic E-state index is 12.3. The summed E-state index contributed by atoms with van der Waals surface area (Å²) in [6.07, 6.45) is 5.59. The van der Waals surface area contributed by atoms with Crippen LogP contribution in [0.15, 0.2) is 0 Å². The molecule has 92 valence electrons. The van der Waals surface area contributed by atoms with Crippen molar-refractivity contribution >= 4 is 5.91 Å². The van der Waals surface area contributed by atoms with E-state index in [1.54, 1.807) is 0 Å². The fourth-order valence-corrected chi connectivity index (χ4v) is 2.76. The third-order valence-electron chi connectivity index (χ3n) is 3.82. The highest BCUT2D eigenvalue weighted by molar-refractivity contribution is 5.79. The van der Waals surface area contributed by atoms with Gasteiger partial charge in [0.25, 0.3) is 0 Å². The van der Waals surface area contributed by atoms with Crippen LogP contribution in [0.1, 0.15) is 32.1 Å². The predicted octanol–water partition coefficient (Wildman–Crippen LogP) is 0.326. The van der Waals surface area contributed by atoms with Gasteiger partial charge < -0.3 is 16.0 Å². The van der Waals surface area contributed by atoms with Gasteiger partial charge in [-0.1, -0.05) is 19.3 Å². The number of amides is 1. The van der Waals surface area contributed by atoms with Crippen molar-refractivity contribution < 1.29 is 4.79 Å². The van der Waals surface area contributed by atoms with E-state index in [0.29, 0.717) is 5.91 Å². The minimum Gasteiger partial charge on any atom is -0.340 e. The molecule has 0 aromatic carbocycles. The van der Waals surface area contributed by atoms with E-state index in [-0.39, 0.29) is 12.0 Å². The van der Waals surface area contributed by atoms with E-state index in [2.05, 4.69) is 5.32 Å². The first-order valence-corrected chi connectivity index (χ1v) is 6.54. The zero-order chi connectivity index (χ0) is 11.4. The topological polar surface area (TPSA) is 58.4 Å². The summed E-state index contributed by atoms with van der Waals surface area (Å²) in [5, 5.41) is 3.27. The van der Waals surface area contributed by atoms with Crippen molar-refractivity contribution in [1.82, 2.24) is 10.2 Å². The third-order valence-corrected chi connectivity index (χ3v) is 3.82. The molecule has 1 saturated heterocycles. The van der Waals surface area contributed by atoms with Crippen LogP contribution in [0, 0.1) is 5.92 Å². The molecule has 3 N–H and O–H groups in total. The molecule has 16 heavy (non-hydrogen) atoms. The lowest BCUT2D eigenvalue weighted by Crippen LogP contribution is -2.51. The maximum Gasteiger partial charge on any atom is 0.227 e. The first kappa shape index (κ1) is 11.9. The molecule has 0 bridgehead atoms. The van der Waals surface area contributed by atoms with Crippen LogP contribution in [0.2, 0.25) is 0 Å². The van der Waals surface area contributed by atoms with Crippen molar-refractivity contribution in [3.8, 4) is 0 Å². The Kier molecular flexibility index (Phi) is 4.18. The van der Waals surface area contributed by atoms with Gasteiger partial charge in [0.15, 0.2) is 0 Å². The SMILES string of the molecule is NC1CCCCCC1C(=O)N1CCNCC1. The Labute approximate surface area is 97.6 Å². The highest BCUT2D eigenvalue weighted by Gasteiger charge is 2.30. The molecule has 4 nitrogen and oxygen atoms in total. The lowest BCUT2D eigenvalue weighted by atomic mass is 9.94. The summed E-state index contributed by atoms with van der Waals surface area (Å²) in [7, 11) is 0. The van der Waals surface area contributed by atoms with Gasteiger partial charge in [-0.25, -0.2) is 0 Å². The van der Waals surface area contributed by atoms with E-state index >= 15 is 0 Å². The molecule has 4 heteroatoms. The van der Waals surface area contributed by atoms with Crippen molar-refractivity contribution in [2.45, 2.75) is 38.1 Å². The fraction of sp³-hybridized carbons (Fsp3) is 0.917. The zero-order valence-corrected chi connectivity index (χ0v) is 9.95. The first-order valence-electron chi connectivity index (χ1n) is 6.54. The van der Waals surface area contributed by atoms with Gasteiger partial charge in [-0.3, -0.25) is 4.79 Å². The molecule has 0 aromatic rings. The molecule has 1 aliphatic carbocycles. The summed E-state index contributed by atoms with van der Waals surface area (Å²) in [6.45, 7) is 3.55. The molecule has 1 amide bonds. The van der Waals surface area contributed by atoms with Gasteiger partial charge in [0.05, 0.1) is 5.92 Å². The normalized spacial score (nSPS) is 32.2. The molecule has 2 aliphatic rings. The minimum atomic E-state index is 0.0839. The summed E-state index contributed by atoms with van der Waals surface area (Å²) in [4.78, 5) is 14.3. The monoisotopic (exact) mass is 225 g/mol. The first-order chi connectivity index (χ1) is 7.79. The number of hydrogen-bond donors (Lipinski definition) is 2. The van der Waals surface area contributed by atoms with Crippen molar-refractivity contribution in [3.63, 3.8) is 0 Å². The Morgan fingerprint density at radius 1 is 1.12 bits per heavy atom. The van der Waals surface area contributed by atoms with E-state index < -0.39 is 0 Å². The molecule has 0 radical (unpaired) electrons. The van der Waals surface area contributed by atoms with Gasteiger partial charge >= 0.3 is 0 Å². The van der Waals surface area contributed by atoms with E-state index in [1.807, 2.05) is 4.90 Å². The Bertz CT molecular complexity index is 238. The summed E-state index contributed by atoms with van der Waals surface area (Å²) in [5.74, 6) is 0.386. The largest absolute Gasteiger partial charge is 0.340 e. The minimum absolute atomic E-state index is 0.0839. The molecule has 2 atom stereocenters. The van der Waals surface area contributed by atoms with Gasteiger partial charge in [-0.15, -0.1) is 0 Å². The standard InChI is InChI=1S/C12H23N3O/c13-11-5-3-1-2-4-10(11)12(16)15-8-6-14-7-9-15/h10-11,14H,1-9,13H2. The lowest BCUT2D eigenvalue weighted by Gasteiger charge is -2.32. The van der Waals surface area contributed by atoms with Crippen LogP contribution in [0.3, 0.4) is 0 Å². The number of carbonyl (C=O) groups is 1. The van der Waals surface area contributed by atoms with Gasteiger partial charge in [-0.2, -0.15) is 0 Å². The molecule has 1 saturated carbocycles. The molecule has 1 aliphatic heterocycles. The van der Waals surface area contributed by atoms with Crippen LogP contribution in [0.25, 0.3) is 0 Å². The van der Waals surface area contributed by atoms with Crippen LogP contribution in [-0.4, -0.2) is 43.0 Å². The Morgan fingerprint density at radius 3 is 2.56 bits per heavy atom. The second kappa shape index (κ2) is 5.64. The maximum absolute atomic E-state index is 12.3. The number of carbonyl (C=O) groups excluding carboxylic acids is 1. The number of rotatable bonds is 1. The van der Waals surface area contributed by atoms with E-state index in [9.17, 15) is 4.79 Å². The van der Waals surface area contributed by atoms with Gasteiger partial charge in [0.1, 0.15) is 0 Å². The molecule has 1 heterocycles. The third kappa shape index (κ3) is 2.74. The number of nitrogens with zero attached hydrogens (tertiary/aromatic N) is 1. The molecule has 0 aromatic heterocycles. The summed E-state index contributed by atoms with van der Waals surface area (Å²) < 4.78 is 0. The molecular formula is C12H23N3O. The second-order valence-corrected chi connectivity index (χ2v) is 4.98. The van der Waals surface area contributed by atoms with Crippen molar-refractivity contribution in [2.75, 3.05) is 26.2 Å². The van der Waals surface area contributed by atoms with Crippen LogP contribution in [0.5, 0.6) is 0 Å². The highest BCUT2D eigenvalue weighted by Crippen LogP contribution is 2.24.